The molecule has 0 bridgehead atoms. The molecule has 0 saturated carbocycles. The summed E-state index contributed by atoms with van der Waals surface area (Å²) < 4.78 is 5.34. The van der Waals surface area contributed by atoms with Crippen molar-refractivity contribution < 1.29 is 19.4 Å². The van der Waals surface area contributed by atoms with Gasteiger partial charge in [-0.15, -0.1) is 0 Å². The van der Waals surface area contributed by atoms with Gasteiger partial charge in [-0.1, -0.05) is 26.0 Å². The molecule has 0 aliphatic carbocycles. The summed E-state index contributed by atoms with van der Waals surface area (Å²) >= 11 is 0. The topological polar surface area (TPSA) is 87.7 Å². The quantitative estimate of drug-likeness (QED) is 0.674. The number of carbonyl (C=O) groups is 2. The number of carboxylic acids is 1. The number of aryl methyl sites for hydroxylation is 1. The lowest BCUT2D eigenvalue weighted by Gasteiger charge is -2.12. The van der Waals surface area contributed by atoms with Crippen LogP contribution in [0.5, 0.6) is 0 Å². The van der Waals surface area contributed by atoms with Crippen LogP contribution in [0.1, 0.15) is 29.8 Å². The highest BCUT2D eigenvalue weighted by molar-refractivity contribution is 6.00. The minimum atomic E-state index is -1.07. The zero-order valence-electron chi connectivity index (χ0n) is 12.6. The molecule has 2 amide bonds. The summed E-state index contributed by atoms with van der Waals surface area (Å²) in [6.07, 6.45) is 0. The number of urea groups is 1. The first-order valence-corrected chi connectivity index (χ1v) is 6.87. The van der Waals surface area contributed by atoms with Crippen LogP contribution in [0.25, 0.3) is 0 Å². The van der Waals surface area contributed by atoms with Gasteiger partial charge in [-0.05, 0) is 24.5 Å². The number of amides is 2. The van der Waals surface area contributed by atoms with E-state index in [9.17, 15) is 9.59 Å². The van der Waals surface area contributed by atoms with Crippen LogP contribution >= 0.6 is 0 Å². The van der Waals surface area contributed by atoms with Crippen LogP contribution < -0.4 is 10.6 Å². The van der Waals surface area contributed by atoms with Crippen LogP contribution in [-0.4, -0.2) is 36.9 Å². The lowest BCUT2D eigenvalue weighted by molar-refractivity contribution is 0.0698. The second kappa shape index (κ2) is 8.26. The Hall–Kier alpha value is -2.08. The number of hydrogen-bond donors (Lipinski definition) is 3. The van der Waals surface area contributed by atoms with E-state index in [1.807, 2.05) is 13.8 Å². The molecule has 1 aromatic carbocycles. The number of ether oxygens (including phenoxy) is 1. The van der Waals surface area contributed by atoms with E-state index in [0.29, 0.717) is 36.9 Å². The molecule has 1 aromatic rings. The standard InChI is InChI=1S/C15H22N2O4/c1-10(2)9-21-8-7-16-15(20)17-13-11(3)5-4-6-12(13)14(18)19/h4-6,10H,7-9H2,1-3H3,(H,18,19)(H2,16,17,20). The molecule has 21 heavy (non-hydrogen) atoms. The summed E-state index contributed by atoms with van der Waals surface area (Å²) in [4.78, 5) is 22.9. The molecule has 6 heteroatoms. The number of aromatic carboxylic acids is 1. The SMILES string of the molecule is Cc1cccc(C(=O)O)c1NC(=O)NCCOCC(C)C. The Morgan fingerprint density at radius 2 is 2.05 bits per heavy atom. The molecule has 3 N–H and O–H groups in total. The fourth-order valence-corrected chi connectivity index (χ4v) is 1.73. The first kappa shape index (κ1) is 17.0. The number of rotatable bonds is 7. The Bertz CT molecular complexity index is 500. The third-order valence-corrected chi connectivity index (χ3v) is 2.72. The Morgan fingerprint density at radius 3 is 2.67 bits per heavy atom. The molecule has 0 fully saturated rings. The predicted molar refractivity (Wildman–Crippen MR) is 80.8 cm³/mol. The molecular weight excluding hydrogens is 272 g/mol. The van der Waals surface area contributed by atoms with Crippen molar-refractivity contribution >= 4 is 17.7 Å². The summed E-state index contributed by atoms with van der Waals surface area (Å²) in [6, 6.07) is 4.39. The first-order valence-electron chi connectivity index (χ1n) is 6.87. The van der Waals surface area contributed by atoms with Gasteiger partial charge in [0.25, 0.3) is 0 Å². The average Bonchev–Trinajstić information content (AvgIpc) is 2.40. The van der Waals surface area contributed by atoms with Gasteiger partial charge in [0.2, 0.25) is 0 Å². The van der Waals surface area contributed by atoms with E-state index in [4.69, 9.17) is 9.84 Å². The second-order valence-corrected chi connectivity index (χ2v) is 5.15. The number of hydrogen-bond acceptors (Lipinski definition) is 3. The predicted octanol–water partition coefficient (Wildman–Crippen LogP) is 2.49. The van der Waals surface area contributed by atoms with Gasteiger partial charge in [0.05, 0.1) is 17.9 Å². The number of para-hydroxylation sites is 1. The fourth-order valence-electron chi connectivity index (χ4n) is 1.73. The van der Waals surface area contributed by atoms with E-state index in [1.54, 1.807) is 19.1 Å². The zero-order chi connectivity index (χ0) is 15.8. The lowest BCUT2D eigenvalue weighted by atomic mass is 10.1. The minimum Gasteiger partial charge on any atom is -0.478 e. The van der Waals surface area contributed by atoms with Crippen molar-refractivity contribution in [2.24, 2.45) is 5.92 Å². The maximum atomic E-state index is 11.8. The van der Waals surface area contributed by atoms with Crippen LogP contribution in [0.3, 0.4) is 0 Å². The molecule has 0 aliphatic rings. The van der Waals surface area contributed by atoms with Gasteiger partial charge < -0.3 is 20.5 Å². The third kappa shape index (κ3) is 5.83. The number of carboxylic acid groups (broad SMARTS) is 1. The van der Waals surface area contributed by atoms with Crippen LogP contribution in [-0.2, 0) is 4.74 Å². The van der Waals surface area contributed by atoms with Crippen LogP contribution in [0.2, 0.25) is 0 Å². The van der Waals surface area contributed by atoms with Gasteiger partial charge in [0, 0.05) is 13.2 Å². The smallest absolute Gasteiger partial charge is 0.337 e. The summed E-state index contributed by atoms with van der Waals surface area (Å²) in [7, 11) is 0. The van der Waals surface area contributed by atoms with E-state index < -0.39 is 12.0 Å². The molecule has 0 aromatic heterocycles. The molecule has 1 rings (SSSR count). The zero-order valence-corrected chi connectivity index (χ0v) is 12.6. The van der Waals surface area contributed by atoms with Crippen LogP contribution in [0.4, 0.5) is 10.5 Å². The Kier molecular flexibility index (Phi) is 6.68. The molecule has 0 saturated heterocycles. The van der Waals surface area contributed by atoms with Gasteiger partial charge in [-0.25, -0.2) is 9.59 Å². The summed E-state index contributed by atoms with van der Waals surface area (Å²) in [5.41, 5.74) is 1.08. The number of anilines is 1. The normalized spacial score (nSPS) is 10.5. The third-order valence-electron chi connectivity index (χ3n) is 2.72. The van der Waals surface area contributed by atoms with Crippen LogP contribution in [0.15, 0.2) is 18.2 Å². The van der Waals surface area contributed by atoms with Gasteiger partial charge in [-0.2, -0.15) is 0 Å². The van der Waals surface area contributed by atoms with E-state index in [-0.39, 0.29) is 5.56 Å². The lowest BCUT2D eigenvalue weighted by Crippen LogP contribution is -2.32. The molecular formula is C15H22N2O4. The molecule has 0 aliphatic heterocycles. The Labute approximate surface area is 124 Å². The van der Waals surface area contributed by atoms with Gasteiger partial charge in [-0.3, -0.25) is 0 Å². The van der Waals surface area contributed by atoms with E-state index >= 15 is 0 Å². The largest absolute Gasteiger partial charge is 0.478 e. The monoisotopic (exact) mass is 294 g/mol. The van der Waals surface area contributed by atoms with Crippen molar-refractivity contribution in [2.45, 2.75) is 20.8 Å². The first-order chi connectivity index (χ1) is 9.91. The maximum Gasteiger partial charge on any atom is 0.337 e. The summed E-state index contributed by atoms with van der Waals surface area (Å²) in [5, 5.41) is 14.3. The van der Waals surface area contributed by atoms with Gasteiger partial charge >= 0.3 is 12.0 Å². The number of carbonyl (C=O) groups excluding carboxylic acids is 1. The second-order valence-electron chi connectivity index (χ2n) is 5.15. The van der Waals surface area contributed by atoms with E-state index in [1.165, 1.54) is 6.07 Å². The van der Waals surface area contributed by atoms with Crippen molar-refractivity contribution in [1.82, 2.24) is 5.32 Å². The Balaban J connectivity index is 2.50. The van der Waals surface area contributed by atoms with Crippen LogP contribution in [0, 0.1) is 12.8 Å². The molecule has 6 nitrogen and oxygen atoms in total. The molecule has 116 valence electrons. The average molecular weight is 294 g/mol. The van der Waals surface area contributed by atoms with Crippen molar-refractivity contribution in [3.8, 4) is 0 Å². The van der Waals surface area contributed by atoms with E-state index in [2.05, 4.69) is 10.6 Å². The summed E-state index contributed by atoms with van der Waals surface area (Å²) in [5.74, 6) is -0.627. The molecule has 0 radical (unpaired) electrons. The molecule has 0 spiro atoms. The number of nitrogens with one attached hydrogen (secondary N) is 2. The molecule has 0 unspecified atom stereocenters. The number of benzene rings is 1. The fraction of sp³-hybridized carbons (Fsp3) is 0.467. The summed E-state index contributed by atoms with van der Waals surface area (Å²) in [6.45, 7) is 7.27. The van der Waals surface area contributed by atoms with Crippen molar-refractivity contribution in [3.05, 3.63) is 29.3 Å². The van der Waals surface area contributed by atoms with Gasteiger partial charge in [0.1, 0.15) is 0 Å². The van der Waals surface area contributed by atoms with Crippen molar-refractivity contribution in [2.75, 3.05) is 25.1 Å². The minimum absolute atomic E-state index is 0.0706. The van der Waals surface area contributed by atoms with Crippen molar-refractivity contribution in [3.63, 3.8) is 0 Å². The van der Waals surface area contributed by atoms with Crippen molar-refractivity contribution in [1.29, 1.82) is 0 Å². The molecule has 0 heterocycles. The van der Waals surface area contributed by atoms with Gasteiger partial charge in [0.15, 0.2) is 0 Å². The Morgan fingerprint density at radius 1 is 1.33 bits per heavy atom. The highest BCUT2D eigenvalue weighted by Gasteiger charge is 2.14. The highest BCUT2D eigenvalue weighted by atomic mass is 16.5. The molecule has 0 atom stereocenters. The van der Waals surface area contributed by atoms with E-state index in [0.717, 1.165) is 0 Å². The maximum absolute atomic E-state index is 11.8. The highest BCUT2D eigenvalue weighted by Crippen LogP contribution is 2.20.